The standard InChI is InChI=1S/C19H20N2O6S/c1-20-28(23,24)12-5-6-16-13(9-12)14(19(22)21-16)10-15-17(26-3)7-11(25-2)8-18(15)27-4/h5-10,20H,1-4H3,(H,21,22). The van der Waals surface area contributed by atoms with Gasteiger partial charge in [-0.2, -0.15) is 0 Å². The van der Waals surface area contributed by atoms with E-state index >= 15 is 0 Å². The van der Waals surface area contributed by atoms with Crippen molar-refractivity contribution in [1.29, 1.82) is 0 Å². The Balaban J connectivity index is 2.20. The number of hydrogen-bond donors (Lipinski definition) is 2. The first-order valence-corrected chi connectivity index (χ1v) is 9.74. The van der Waals surface area contributed by atoms with Crippen molar-refractivity contribution in [2.24, 2.45) is 0 Å². The van der Waals surface area contributed by atoms with Crippen LogP contribution in [0, 0.1) is 0 Å². The van der Waals surface area contributed by atoms with Gasteiger partial charge in [-0.05, 0) is 31.3 Å². The Hall–Kier alpha value is -3.04. The number of benzene rings is 2. The highest BCUT2D eigenvalue weighted by atomic mass is 32.2. The lowest BCUT2D eigenvalue weighted by molar-refractivity contribution is -0.110. The average Bonchev–Trinajstić information content (AvgIpc) is 3.02. The first-order chi connectivity index (χ1) is 13.3. The summed E-state index contributed by atoms with van der Waals surface area (Å²) in [6.07, 6.45) is 1.61. The van der Waals surface area contributed by atoms with Gasteiger partial charge in [0, 0.05) is 29.0 Å². The van der Waals surface area contributed by atoms with Gasteiger partial charge in [-0.15, -0.1) is 0 Å². The predicted molar refractivity (Wildman–Crippen MR) is 105 cm³/mol. The molecule has 0 fully saturated rings. The van der Waals surface area contributed by atoms with Crippen LogP contribution in [0.1, 0.15) is 11.1 Å². The Morgan fingerprint density at radius 1 is 1.00 bits per heavy atom. The number of rotatable bonds is 6. The summed E-state index contributed by atoms with van der Waals surface area (Å²) < 4.78 is 42.6. The number of carbonyl (C=O) groups is 1. The third-order valence-electron chi connectivity index (χ3n) is 4.39. The summed E-state index contributed by atoms with van der Waals surface area (Å²) in [6.45, 7) is 0. The molecule has 1 aliphatic heterocycles. The molecule has 148 valence electrons. The SMILES string of the molecule is CNS(=O)(=O)c1ccc2c(c1)C(=Cc1c(OC)cc(OC)cc1OC)C(=O)N2. The van der Waals surface area contributed by atoms with Gasteiger partial charge in [0.25, 0.3) is 5.91 Å². The number of nitrogens with one attached hydrogen (secondary N) is 2. The minimum absolute atomic E-state index is 0.0600. The van der Waals surface area contributed by atoms with E-state index in [1.54, 1.807) is 24.3 Å². The summed E-state index contributed by atoms with van der Waals surface area (Å²) in [7, 11) is 2.20. The normalized spacial score (nSPS) is 14.6. The zero-order chi connectivity index (χ0) is 20.5. The van der Waals surface area contributed by atoms with Crippen molar-refractivity contribution in [3.05, 3.63) is 41.5 Å². The van der Waals surface area contributed by atoms with E-state index in [1.807, 2.05) is 0 Å². The van der Waals surface area contributed by atoms with Crippen LogP contribution >= 0.6 is 0 Å². The molecule has 0 aliphatic carbocycles. The molecule has 1 amide bonds. The zero-order valence-electron chi connectivity index (χ0n) is 15.8. The van der Waals surface area contributed by atoms with Crippen LogP contribution in [0.4, 0.5) is 5.69 Å². The molecule has 1 aliphatic rings. The monoisotopic (exact) mass is 404 g/mol. The second kappa shape index (κ2) is 7.53. The molecule has 0 spiro atoms. The summed E-state index contributed by atoms with van der Waals surface area (Å²) >= 11 is 0. The van der Waals surface area contributed by atoms with Gasteiger partial charge in [0.1, 0.15) is 17.2 Å². The lowest BCUT2D eigenvalue weighted by Crippen LogP contribution is -2.18. The van der Waals surface area contributed by atoms with Crippen LogP contribution < -0.4 is 24.2 Å². The number of sulfonamides is 1. The molecule has 28 heavy (non-hydrogen) atoms. The highest BCUT2D eigenvalue weighted by molar-refractivity contribution is 7.89. The van der Waals surface area contributed by atoms with E-state index in [4.69, 9.17) is 14.2 Å². The fourth-order valence-corrected chi connectivity index (χ4v) is 3.67. The van der Waals surface area contributed by atoms with Gasteiger partial charge in [0.05, 0.1) is 31.8 Å². The summed E-state index contributed by atoms with van der Waals surface area (Å²) in [4.78, 5) is 12.6. The molecule has 2 N–H and O–H groups in total. The Morgan fingerprint density at radius 2 is 1.64 bits per heavy atom. The number of anilines is 1. The second-order valence-electron chi connectivity index (χ2n) is 5.87. The predicted octanol–water partition coefficient (Wildman–Crippen LogP) is 2.11. The van der Waals surface area contributed by atoms with Crippen molar-refractivity contribution in [3.8, 4) is 17.2 Å². The van der Waals surface area contributed by atoms with E-state index in [-0.39, 0.29) is 10.8 Å². The van der Waals surface area contributed by atoms with E-state index in [9.17, 15) is 13.2 Å². The minimum Gasteiger partial charge on any atom is -0.496 e. The molecule has 2 aromatic carbocycles. The van der Waals surface area contributed by atoms with Crippen molar-refractivity contribution in [1.82, 2.24) is 4.72 Å². The largest absolute Gasteiger partial charge is 0.496 e. The summed E-state index contributed by atoms with van der Waals surface area (Å²) in [5.41, 5.74) is 1.83. The topological polar surface area (TPSA) is 103 Å². The molecule has 0 aromatic heterocycles. The highest BCUT2D eigenvalue weighted by Crippen LogP contribution is 2.40. The Bertz CT molecular complexity index is 1050. The van der Waals surface area contributed by atoms with E-state index in [0.29, 0.717) is 39.6 Å². The first kappa shape index (κ1) is 19.7. The summed E-state index contributed by atoms with van der Waals surface area (Å²) in [6, 6.07) is 7.78. The van der Waals surface area contributed by atoms with Gasteiger partial charge < -0.3 is 19.5 Å². The van der Waals surface area contributed by atoms with Crippen molar-refractivity contribution in [3.63, 3.8) is 0 Å². The number of hydrogen-bond acceptors (Lipinski definition) is 6. The third kappa shape index (κ3) is 3.41. The molecular formula is C19H20N2O6S. The Labute approximate surface area is 163 Å². The molecule has 9 heteroatoms. The lowest BCUT2D eigenvalue weighted by atomic mass is 10.0. The van der Waals surface area contributed by atoms with Crippen LogP contribution in [0.5, 0.6) is 17.2 Å². The smallest absolute Gasteiger partial charge is 0.256 e. The van der Waals surface area contributed by atoms with Gasteiger partial charge in [-0.1, -0.05) is 0 Å². The number of amides is 1. The Morgan fingerprint density at radius 3 is 2.18 bits per heavy atom. The van der Waals surface area contributed by atoms with E-state index in [2.05, 4.69) is 10.0 Å². The maximum atomic E-state index is 12.5. The van der Waals surface area contributed by atoms with Crippen LogP contribution in [0.15, 0.2) is 35.2 Å². The maximum absolute atomic E-state index is 12.5. The van der Waals surface area contributed by atoms with Crippen LogP contribution in [-0.4, -0.2) is 42.7 Å². The minimum atomic E-state index is -3.65. The van der Waals surface area contributed by atoms with Gasteiger partial charge in [-0.3, -0.25) is 4.79 Å². The average molecular weight is 404 g/mol. The summed E-state index contributed by atoms with van der Waals surface area (Å²) in [5.74, 6) is 1.08. The van der Waals surface area contributed by atoms with Gasteiger partial charge in [0.15, 0.2) is 0 Å². The Kier molecular flexibility index (Phi) is 5.30. The molecule has 8 nitrogen and oxygen atoms in total. The summed E-state index contributed by atoms with van der Waals surface area (Å²) in [5, 5.41) is 2.73. The van der Waals surface area contributed by atoms with Gasteiger partial charge >= 0.3 is 0 Å². The number of ether oxygens (including phenoxy) is 3. The van der Waals surface area contributed by atoms with Gasteiger partial charge in [-0.25, -0.2) is 13.1 Å². The quantitative estimate of drug-likeness (QED) is 0.715. The molecule has 0 saturated carbocycles. The highest BCUT2D eigenvalue weighted by Gasteiger charge is 2.27. The lowest BCUT2D eigenvalue weighted by Gasteiger charge is -2.13. The molecule has 2 aromatic rings. The van der Waals surface area contributed by atoms with E-state index in [0.717, 1.165) is 0 Å². The van der Waals surface area contributed by atoms with Crippen molar-refractivity contribution >= 4 is 33.3 Å². The third-order valence-corrected chi connectivity index (χ3v) is 5.81. The zero-order valence-corrected chi connectivity index (χ0v) is 16.6. The molecule has 3 rings (SSSR count). The second-order valence-corrected chi connectivity index (χ2v) is 7.76. The molecule has 0 unspecified atom stereocenters. The molecule has 0 bridgehead atoms. The van der Waals surface area contributed by atoms with Crippen LogP contribution in [-0.2, 0) is 14.8 Å². The number of carbonyl (C=O) groups excluding carboxylic acids is 1. The van der Waals surface area contributed by atoms with E-state index < -0.39 is 10.0 Å². The van der Waals surface area contributed by atoms with Crippen LogP contribution in [0.2, 0.25) is 0 Å². The number of fused-ring (bicyclic) bond motifs is 1. The fraction of sp³-hybridized carbons (Fsp3) is 0.211. The van der Waals surface area contributed by atoms with Gasteiger partial charge in [0.2, 0.25) is 10.0 Å². The number of methoxy groups -OCH3 is 3. The van der Waals surface area contributed by atoms with Crippen LogP contribution in [0.25, 0.3) is 11.6 Å². The fourth-order valence-electron chi connectivity index (χ4n) is 2.91. The maximum Gasteiger partial charge on any atom is 0.256 e. The first-order valence-electron chi connectivity index (χ1n) is 8.25. The van der Waals surface area contributed by atoms with E-state index in [1.165, 1.54) is 40.5 Å². The molecule has 0 radical (unpaired) electrons. The van der Waals surface area contributed by atoms with Crippen LogP contribution in [0.3, 0.4) is 0 Å². The molecule has 0 saturated heterocycles. The van der Waals surface area contributed by atoms with Crippen molar-refractivity contribution in [2.45, 2.75) is 4.90 Å². The molecule has 1 heterocycles. The van der Waals surface area contributed by atoms with Crippen molar-refractivity contribution in [2.75, 3.05) is 33.7 Å². The molecular weight excluding hydrogens is 384 g/mol. The molecule has 0 atom stereocenters. The van der Waals surface area contributed by atoms with Crippen molar-refractivity contribution < 1.29 is 27.4 Å².